The Kier molecular flexibility index (Phi) is 2.11. The molecule has 1 aromatic rings. The zero-order valence-corrected chi connectivity index (χ0v) is 7.83. The van der Waals surface area contributed by atoms with Gasteiger partial charge in [-0.2, -0.15) is 0 Å². The van der Waals surface area contributed by atoms with Crippen LogP contribution in [0.4, 0.5) is 5.82 Å². The van der Waals surface area contributed by atoms with Crippen molar-refractivity contribution in [1.82, 2.24) is 15.2 Å². The fourth-order valence-electron chi connectivity index (χ4n) is 1.66. The lowest BCUT2D eigenvalue weighted by Gasteiger charge is -2.33. The second-order valence-corrected chi connectivity index (χ2v) is 3.77. The zero-order valence-electron chi connectivity index (χ0n) is 7.83. The number of rotatable bonds is 2. The van der Waals surface area contributed by atoms with Crippen molar-refractivity contribution in [3.8, 4) is 0 Å². The molecular weight excluding hydrogens is 184 g/mol. The van der Waals surface area contributed by atoms with Crippen LogP contribution in [-0.2, 0) is 0 Å². The van der Waals surface area contributed by atoms with E-state index in [4.69, 9.17) is 0 Å². The minimum atomic E-state index is -0.581. The second kappa shape index (κ2) is 3.28. The van der Waals surface area contributed by atoms with Gasteiger partial charge in [-0.1, -0.05) is 6.92 Å². The van der Waals surface area contributed by atoms with Gasteiger partial charge in [-0.3, -0.25) is 9.78 Å². The Morgan fingerprint density at radius 2 is 2.14 bits per heavy atom. The van der Waals surface area contributed by atoms with Gasteiger partial charge in [-0.15, -0.1) is 5.10 Å². The third-order valence-corrected chi connectivity index (χ3v) is 2.43. The van der Waals surface area contributed by atoms with Gasteiger partial charge in [0, 0.05) is 6.04 Å². The minimum Gasteiger partial charge on any atom is -0.361 e. The van der Waals surface area contributed by atoms with E-state index in [1.54, 1.807) is 0 Å². The summed E-state index contributed by atoms with van der Waals surface area (Å²) in [5.41, 5.74) is -1.05. The molecule has 3 N–H and O–H groups in total. The lowest BCUT2D eigenvalue weighted by molar-refractivity contribution is 0.308. The van der Waals surface area contributed by atoms with Crippen molar-refractivity contribution < 1.29 is 0 Å². The van der Waals surface area contributed by atoms with E-state index in [1.165, 1.54) is 0 Å². The molecule has 0 aromatic carbocycles. The van der Waals surface area contributed by atoms with Gasteiger partial charge in [0.25, 0.3) is 5.56 Å². The van der Waals surface area contributed by atoms with Gasteiger partial charge >= 0.3 is 5.69 Å². The summed E-state index contributed by atoms with van der Waals surface area (Å²) in [6.07, 6.45) is 2.08. The Morgan fingerprint density at radius 3 is 2.71 bits per heavy atom. The number of nitrogens with zero attached hydrogens (tertiary/aromatic N) is 1. The summed E-state index contributed by atoms with van der Waals surface area (Å²) in [6, 6.07) is 0.310. The van der Waals surface area contributed by atoms with E-state index < -0.39 is 11.2 Å². The second-order valence-electron chi connectivity index (χ2n) is 3.77. The Hall–Kier alpha value is -1.59. The molecular formula is C8H12N4O2. The summed E-state index contributed by atoms with van der Waals surface area (Å²) < 4.78 is 0. The number of H-pyrrole nitrogens is 2. The Bertz CT molecular complexity index is 429. The van der Waals surface area contributed by atoms with Crippen molar-refractivity contribution in [2.45, 2.75) is 25.8 Å². The molecule has 1 heterocycles. The van der Waals surface area contributed by atoms with Crippen molar-refractivity contribution in [1.29, 1.82) is 0 Å². The number of hydrogen-bond donors (Lipinski definition) is 3. The zero-order chi connectivity index (χ0) is 10.1. The van der Waals surface area contributed by atoms with E-state index in [2.05, 4.69) is 27.4 Å². The van der Waals surface area contributed by atoms with Crippen LogP contribution in [-0.4, -0.2) is 21.2 Å². The molecule has 0 spiro atoms. The molecule has 1 fully saturated rings. The normalized spacial score (nSPS) is 25.5. The Labute approximate surface area is 79.8 Å². The Balaban J connectivity index is 2.10. The molecule has 1 saturated carbocycles. The van der Waals surface area contributed by atoms with E-state index in [0.717, 1.165) is 12.8 Å². The van der Waals surface area contributed by atoms with Crippen molar-refractivity contribution >= 4 is 5.82 Å². The van der Waals surface area contributed by atoms with Crippen LogP contribution in [0.3, 0.4) is 0 Å². The first-order chi connectivity index (χ1) is 6.65. The van der Waals surface area contributed by atoms with Crippen LogP contribution in [0.2, 0.25) is 0 Å². The first-order valence-electron chi connectivity index (χ1n) is 4.60. The van der Waals surface area contributed by atoms with Gasteiger partial charge in [-0.25, -0.2) is 9.89 Å². The Morgan fingerprint density at radius 1 is 1.43 bits per heavy atom. The number of aromatic amines is 2. The first-order valence-corrected chi connectivity index (χ1v) is 4.60. The standard InChI is InChI=1S/C8H12N4O2/c1-4-2-5(3-4)9-6-7(13)10-8(14)12-11-6/h4-5H,2-3H2,1H3,(H,9,11)(H2,10,12,13,14). The molecule has 6 nitrogen and oxygen atoms in total. The number of hydrogen-bond acceptors (Lipinski definition) is 4. The summed E-state index contributed by atoms with van der Waals surface area (Å²) in [7, 11) is 0. The fraction of sp³-hybridized carbons (Fsp3) is 0.625. The minimum absolute atomic E-state index is 0.196. The summed E-state index contributed by atoms with van der Waals surface area (Å²) >= 11 is 0. The molecule has 0 bridgehead atoms. The van der Waals surface area contributed by atoms with Crippen LogP contribution in [0.25, 0.3) is 0 Å². The summed E-state index contributed by atoms with van der Waals surface area (Å²) in [5.74, 6) is 0.899. The highest BCUT2D eigenvalue weighted by Gasteiger charge is 2.25. The maximum atomic E-state index is 11.2. The van der Waals surface area contributed by atoms with Gasteiger partial charge in [-0.05, 0) is 18.8 Å². The molecule has 0 atom stereocenters. The van der Waals surface area contributed by atoms with E-state index in [1.807, 2.05) is 0 Å². The van der Waals surface area contributed by atoms with Crippen molar-refractivity contribution in [2.75, 3.05) is 5.32 Å². The smallest absolute Gasteiger partial charge is 0.342 e. The molecule has 1 aliphatic carbocycles. The van der Waals surface area contributed by atoms with Gasteiger partial charge < -0.3 is 5.32 Å². The van der Waals surface area contributed by atoms with Crippen LogP contribution in [0.5, 0.6) is 0 Å². The lowest BCUT2D eigenvalue weighted by atomic mass is 9.82. The van der Waals surface area contributed by atoms with Crippen LogP contribution in [0, 0.1) is 5.92 Å². The van der Waals surface area contributed by atoms with Crippen LogP contribution < -0.4 is 16.6 Å². The third-order valence-electron chi connectivity index (χ3n) is 2.43. The highest BCUT2D eigenvalue weighted by atomic mass is 16.2. The molecule has 0 saturated heterocycles. The molecule has 0 amide bonds. The summed E-state index contributed by atoms with van der Waals surface area (Å²) in [5, 5.41) is 8.79. The molecule has 0 radical (unpaired) electrons. The number of nitrogens with one attached hydrogen (secondary N) is 3. The maximum Gasteiger partial charge on any atom is 0.342 e. The van der Waals surface area contributed by atoms with Crippen LogP contribution in [0.1, 0.15) is 19.8 Å². The number of aromatic nitrogens is 3. The average Bonchev–Trinajstić information content (AvgIpc) is 2.06. The van der Waals surface area contributed by atoms with Crippen LogP contribution in [0.15, 0.2) is 9.59 Å². The van der Waals surface area contributed by atoms with Gasteiger partial charge in [0.2, 0.25) is 5.82 Å². The predicted molar refractivity (Wildman–Crippen MR) is 51.3 cm³/mol. The molecule has 1 aromatic heterocycles. The molecule has 0 unspecified atom stereocenters. The highest BCUT2D eigenvalue weighted by Crippen LogP contribution is 2.27. The van der Waals surface area contributed by atoms with E-state index in [-0.39, 0.29) is 5.82 Å². The lowest BCUT2D eigenvalue weighted by Crippen LogP contribution is -2.37. The largest absolute Gasteiger partial charge is 0.361 e. The third kappa shape index (κ3) is 1.68. The molecule has 6 heteroatoms. The highest BCUT2D eigenvalue weighted by molar-refractivity contribution is 5.31. The summed E-state index contributed by atoms with van der Waals surface area (Å²) in [4.78, 5) is 24.0. The van der Waals surface area contributed by atoms with Crippen molar-refractivity contribution in [2.24, 2.45) is 5.92 Å². The topological polar surface area (TPSA) is 90.6 Å². The van der Waals surface area contributed by atoms with Crippen molar-refractivity contribution in [3.05, 3.63) is 20.8 Å². The maximum absolute atomic E-state index is 11.2. The van der Waals surface area contributed by atoms with Gasteiger partial charge in [0.1, 0.15) is 0 Å². The van der Waals surface area contributed by atoms with Crippen molar-refractivity contribution in [3.63, 3.8) is 0 Å². The summed E-state index contributed by atoms with van der Waals surface area (Å²) in [6.45, 7) is 2.16. The monoisotopic (exact) mass is 196 g/mol. The van der Waals surface area contributed by atoms with E-state index >= 15 is 0 Å². The molecule has 0 aliphatic heterocycles. The average molecular weight is 196 g/mol. The first kappa shape index (κ1) is 8.98. The fourth-order valence-corrected chi connectivity index (χ4v) is 1.66. The quantitative estimate of drug-likeness (QED) is 0.604. The van der Waals surface area contributed by atoms with Gasteiger partial charge in [0.15, 0.2) is 0 Å². The van der Waals surface area contributed by atoms with E-state index in [0.29, 0.717) is 12.0 Å². The SMILES string of the molecule is CC1CC(Nc2n[nH]c(=O)[nH]c2=O)C1. The van der Waals surface area contributed by atoms with E-state index in [9.17, 15) is 9.59 Å². The molecule has 1 aliphatic rings. The molecule has 76 valence electrons. The predicted octanol–water partition coefficient (Wildman–Crippen LogP) is -0.331. The van der Waals surface area contributed by atoms with Gasteiger partial charge in [0.05, 0.1) is 0 Å². The van der Waals surface area contributed by atoms with Crippen LogP contribution >= 0.6 is 0 Å². The number of anilines is 1. The molecule has 14 heavy (non-hydrogen) atoms. The molecule has 2 rings (SSSR count).